The number of allylic oxidation sites excluding steroid dienone is 2. The molecular formula is C23H17F13N2. The zero-order valence-corrected chi connectivity index (χ0v) is 19.7. The predicted molar refractivity (Wildman–Crippen MR) is 112 cm³/mol. The molecule has 0 amide bonds. The standard InChI is InChI=1S/C23H17F13N2/c1-37(2)12-7-5-6-10-11(8-9-13(14(10)12)38(3)4)17(15-16(24)19(27,28)18(15,25)26)20(29,30)22(33,34)23(35,36)21(17,31)32/h5-9H,1-4H3. The van der Waals surface area contributed by atoms with Gasteiger partial charge in [-0.1, -0.05) is 18.2 Å². The molecule has 2 aliphatic carbocycles. The molecule has 0 N–H and O–H groups in total. The summed E-state index contributed by atoms with van der Waals surface area (Å²) in [5.41, 5.74) is -11.5. The lowest BCUT2D eigenvalue weighted by Gasteiger charge is -2.49. The van der Waals surface area contributed by atoms with Crippen molar-refractivity contribution < 1.29 is 57.1 Å². The van der Waals surface area contributed by atoms with Gasteiger partial charge in [-0.3, -0.25) is 0 Å². The number of nitrogens with zero attached hydrogens (tertiary/aromatic N) is 2. The van der Waals surface area contributed by atoms with Crippen molar-refractivity contribution in [2.75, 3.05) is 38.0 Å². The summed E-state index contributed by atoms with van der Waals surface area (Å²) in [5.74, 6) is -43.8. The van der Waals surface area contributed by atoms with Crippen molar-refractivity contribution in [3.05, 3.63) is 47.3 Å². The molecule has 0 bridgehead atoms. The Balaban J connectivity index is 2.36. The van der Waals surface area contributed by atoms with Crippen molar-refractivity contribution in [3.8, 4) is 0 Å². The summed E-state index contributed by atoms with van der Waals surface area (Å²) >= 11 is 0. The van der Waals surface area contributed by atoms with Crippen LogP contribution in [0.5, 0.6) is 0 Å². The summed E-state index contributed by atoms with van der Waals surface area (Å²) in [6, 6.07) is 3.78. The smallest absolute Gasteiger partial charge is 0.377 e. The van der Waals surface area contributed by atoms with Crippen LogP contribution in [-0.2, 0) is 5.41 Å². The highest BCUT2D eigenvalue weighted by Gasteiger charge is 3.03. The van der Waals surface area contributed by atoms with Gasteiger partial charge in [0.15, 0.2) is 11.2 Å². The van der Waals surface area contributed by atoms with Crippen molar-refractivity contribution in [3.63, 3.8) is 0 Å². The second-order valence-electron chi connectivity index (χ2n) is 9.51. The first kappa shape index (κ1) is 28.1. The van der Waals surface area contributed by atoms with Crippen molar-refractivity contribution in [2.24, 2.45) is 0 Å². The maximum Gasteiger partial charge on any atom is 0.379 e. The first-order chi connectivity index (χ1) is 17.0. The fourth-order valence-corrected chi connectivity index (χ4v) is 5.22. The second-order valence-corrected chi connectivity index (χ2v) is 9.51. The Hall–Kier alpha value is -2.87. The minimum atomic E-state index is -7.08. The Bertz CT molecular complexity index is 1320. The Morgan fingerprint density at radius 3 is 1.42 bits per heavy atom. The average Bonchev–Trinajstić information content (AvgIpc) is 2.85. The SMILES string of the molecule is CN(C)c1cccc2c(C3(C4=C(F)C(F)(F)C4(F)F)C(F)(F)C(F)(F)C(F)(F)C3(F)F)ccc(N(C)C)c12. The van der Waals surface area contributed by atoms with Crippen LogP contribution < -0.4 is 9.80 Å². The minimum Gasteiger partial charge on any atom is -0.377 e. The summed E-state index contributed by atoms with van der Waals surface area (Å²) in [6.07, 6.45) is 0. The van der Waals surface area contributed by atoms with Gasteiger partial charge >= 0.3 is 35.5 Å². The summed E-state index contributed by atoms with van der Waals surface area (Å²) in [7, 11) is 5.45. The zero-order chi connectivity index (χ0) is 29.2. The van der Waals surface area contributed by atoms with Gasteiger partial charge in [0.2, 0.25) is 0 Å². The first-order valence-electron chi connectivity index (χ1n) is 10.6. The first-order valence-corrected chi connectivity index (χ1v) is 10.6. The van der Waals surface area contributed by atoms with Crippen molar-refractivity contribution in [1.29, 1.82) is 0 Å². The van der Waals surface area contributed by atoms with E-state index in [0.29, 0.717) is 12.1 Å². The normalized spacial score (nSPS) is 25.3. The molecule has 0 unspecified atom stereocenters. The van der Waals surface area contributed by atoms with Gasteiger partial charge in [0.1, 0.15) is 0 Å². The van der Waals surface area contributed by atoms with Gasteiger partial charge in [-0.2, -0.15) is 52.7 Å². The lowest BCUT2D eigenvalue weighted by atomic mass is 9.60. The molecule has 15 heteroatoms. The Kier molecular flexibility index (Phi) is 5.48. The van der Waals surface area contributed by atoms with E-state index >= 15 is 17.6 Å². The lowest BCUT2D eigenvalue weighted by molar-refractivity contribution is -0.303. The summed E-state index contributed by atoms with van der Waals surface area (Å²) < 4.78 is 191. The molecule has 210 valence electrons. The number of anilines is 2. The molecule has 0 heterocycles. The number of alkyl halides is 12. The van der Waals surface area contributed by atoms with E-state index in [0.717, 1.165) is 6.07 Å². The summed E-state index contributed by atoms with van der Waals surface area (Å²) in [5, 5.41) is -1.32. The predicted octanol–water partition coefficient (Wildman–Crippen LogP) is 7.27. The van der Waals surface area contributed by atoms with E-state index in [4.69, 9.17) is 0 Å². The third kappa shape index (κ3) is 2.63. The molecular weight excluding hydrogens is 551 g/mol. The van der Waals surface area contributed by atoms with Crippen LogP contribution in [-0.4, -0.2) is 63.7 Å². The van der Waals surface area contributed by atoms with Crippen LogP contribution >= 0.6 is 0 Å². The highest BCUT2D eigenvalue weighted by atomic mass is 19.4. The van der Waals surface area contributed by atoms with E-state index in [9.17, 15) is 39.5 Å². The van der Waals surface area contributed by atoms with Crippen molar-refractivity contribution >= 4 is 22.1 Å². The molecule has 2 aromatic carbocycles. The molecule has 1 saturated carbocycles. The van der Waals surface area contributed by atoms with Crippen LogP contribution in [0.15, 0.2) is 41.7 Å². The quantitative estimate of drug-likeness (QED) is 0.358. The third-order valence-corrected chi connectivity index (χ3v) is 7.07. The molecule has 0 atom stereocenters. The zero-order valence-electron chi connectivity index (χ0n) is 19.7. The molecule has 2 aliphatic rings. The van der Waals surface area contributed by atoms with E-state index in [1.807, 2.05) is 0 Å². The Morgan fingerprint density at radius 2 is 1.00 bits per heavy atom. The molecule has 0 aromatic heterocycles. The topological polar surface area (TPSA) is 6.48 Å². The Morgan fingerprint density at radius 1 is 0.553 bits per heavy atom. The van der Waals surface area contributed by atoms with Crippen molar-refractivity contribution in [1.82, 2.24) is 0 Å². The molecule has 0 saturated heterocycles. The number of halogens is 13. The highest BCUT2D eigenvalue weighted by molar-refractivity contribution is 6.06. The number of benzene rings is 2. The van der Waals surface area contributed by atoms with Gasteiger partial charge in [-0.05, 0) is 23.1 Å². The van der Waals surface area contributed by atoms with Gasteiger partial charge in [0, 0.05) is 45.0 Å². The van der Waals surface area contributed by atoms with Gasteiger partial charge in [-0.15, -0.1) is 0 Å². The van der Waals surface area contributed by atoms with Gasteiger partial charge in [0.25, 0.3) is 0 Å². The van der Waals surface area contributed by atoms with E-state index in [-0.39, 0.29) is 22.8 Å². The monoisotopic (exact) mass is 568 g/mol. The van der Waals surface area contributed by atoms with Gasteiger partial charge < -0.3 is 9.80 Å². The fourth-order valence-electron chi connectivity index (χ4n) is 5.22. The molecule has 0 aliphatic heterocycles. The largest absolute Gasteiger partial charge is 0.379 e. The maximum atomic E-state index is 15.5. The number of hydrogen-bond acceptors (Lipinski definition) is 2. The molecule has 2 aromatic rings. The number of rotatable bonds is 4. The summed E-state index contributed by atoms with van der Waals surface area (Å²) in [4.78, 5) is 2.54. The Labute approximate surface area is 206 Å². The van der Waals surface area contributed by atoms with E-state index in [2.05, 4.69) is 0 Å². The van der Waals surface area contributed by atoms with Crippen LogP contribution in [0, 0.1) is 0 Å². The molecule has 2 nitrogen and oxygen atoms in total. The third-order valence-electron chi connectivity index (χ3n) is 7.07. The molecule has 0 radical (unpaired) electrons. The van der Waals surface area contributed by atoms with Crippen LogP contribution in [0.4, 0.5) is 68.5 Å². The maximum absolute atomic E-state index is 15.5. The van der Waals surface area contributed by atoms with Crippen LogP contribution in [0.2, 0.25) is 0 Å². The molecule has 1 fully saturated rings. The summed E-state index contributed by atoms with van der Waals surface area (Å²) in [6.45, 7) is 0. The van der Waals surface area contributed by atoms with Crippen LogP contribution in [0.25, 0.3) is 10.8 Å². The average molecular weight is 568 g/mol. The van der Waals surface area contributed by atoms with E-state index in [1.165, 1.54) is 44.1 Å². The second kappa shape index (κ2) is 7.40. The van der Waals surface area contributed by atoms with Crippen molar-refractivity contribution in [2.45, 2.75) is 41.0 Å². The fraction of sp³-hybridized carbons (Fsp3) is 0.478. The van der Waals surface area contributed by atoms with E-state index in [1.54, 1.807) is 0 Å². The molecule has 4 rings (SSSR count). The van der Waals surface area contributed by atoms with Gasteiger partial charge in [0.05, 0.1) is 5.57 Å². The van der Waals surface area contributed by atoms with Crippen LogP contribution in [0.3, 0.4) is 0 Å². The van der Waals surface area contributed by atoms with Crippen LogP contribution in [0.1, 0.15) is 5.56 Å². The molecule has 0 spiro atoms. The molecule has 38 heavy (non-hydrogen) atoms. The number of fused-ring (bicyclic) bond motifs is 1. The minimum absolute atomic E-state index is 0.00787. The van der Waals surface area contributed by atoms with E-state index < -0.39 is 63.3 Å². The highest BCUT2D eigenvalue weighted by Crippen LogP contribution is 2.79. The van der Waals surface area contributed by atoms with Gasteiger partial charge in [-0.25, -0.2) is 4.39 Å². The number of hydrogen-bond donors (Lipinski definition) is 0. The lowest BCUT2D eigenvalue weighted by Crippen LogP contribution is -2.67.